The van der Waals surface area contributed by atoms with Gasteiger partial charge in [-0.15, -0.1) is 0 Å². The summed E-state index contributed by atoms with van der Waals surface area (Å²) in [6.07, 6.45) is 6.49. The molecule has 2 saturated heterocycles. The van der Waals surface area contributed by atoms with Gasteiger partial charge >= 0.3 is 0 Å². The van der Waals surface area contributed by atoms with Crippen molar-refractivity contribution >= 4 is 0 Å². The summed E-state index contributed by atoms with van der Waals surface area (Å²) in [6.45, 7) is 0.959. The monoisotopic (exact) mass is 281 g/mol. The van der Waals surface area contributed by atoms with E-state index < -0.39 is 0 Å². The molecule has 1 aromatic heterocycles. The average molecular weight is 281 g/mol. The van der Waals surface area contributed by atoms with Crippen LogP contribution in [-0.2, 0) is 0 Å². The predicted octanol–water partition coefficient (Wildman–Crippen LogP) is 1.34. The molecule has 4 rings (SSSR count). The molecule has 0 spiro atoms. The summed E-state index contributed by atoms with van der Waals surface area (Å²) >= 11 is 0. The molecule has 4 unspecified atom stereocenters. The number of fused-ring (bicyclic) bond motifs is 1. The highest BCUT2D eigenvalue weighted by atomic mass is 15.4. The number of hydrogen-bond acceptors (Lipinski definition) is 5. The van der Waals surface area contributed by atoms with Crippen LogP contribution in [0.3, 0.4) is 0 Å². The van der Waals surface area contributed by atoms with Gasteiger partial charge in [0.15, 0.2) is 0 Å². The van der Waals surface area contributed by atoms with Crippen LogP contribution in [0.15, 0.2) is 49.1 Å². The van der Waals surface area contributed by atoms with E-state index in [-0.39, 0.29) is 0 Å². The summed E-state index contributed by atoms with van der Waals surface area (Å²) in [5.41, 5.74) is 9.43. The Morgan fingerprint density at radius 2 is 1.76 bits per heavy atom. The Morgan fingerprint density at radius 1 is 0.952 bits per heavy atom. The van der Waals surface area contributed by atoms with E-state index in [1.807, 2.05) is 12.4 Å². The van der Waals surface area contributed by atoms with Crippen molar-refractivity contribution in [2.24, 2.45) is 5.92 Å². The first-order valence-electron chi connectivity index (χ1n) is 7.46. The number of hydrogen-bond donors (Lipinski definition) is 3. The van der Waals surface area contributed by atoms with Crippen molar-refractivity contribution in [3.63, 3.8) is 0 Å². The van der Waals surface area contributed by atoms with Crippen LogP contribution in [0.2, 0.25) is 0 Å². The minimum absolute atomic E-state index is 0.334. The Morgan fingerprint density at radius 3 is 2.57 bits per heavy atom. The van der Waals surface area contributed by atoms with Gasteiger partial charge < -0.3 is 5.32 Å². The molecule has 2 aromatic rings. The molecule has 0 radical (unpaired) electrons. The van der Waals surface area contributed by atoms with Crippen LogP contribution in [0.5, 0.6) is 0 Å². The highest BCUT2D eigenvalue weighted by Crippen LogP contribution is 2.37. The normalized spacial score (nSPS) is 31.8. The van der Waals surface area contributed by atoms with Crippen LogP contribution in [0, 0.1) is 5.92 Å². The van der Waals surface area contributed by atoms with E-state index in [0.29, 0.717) is 24.0 Å². The Bertz CT molecular complexity index is 588. The minimum atomic E-state index is 0.334. The van der Waals surface area contributed by atoms with Gasteiger partial charge in [0.25, 0.3) is 0 Å². The molecule has 4 atom stereocenters. The lowest BCUT2D eigenvalue weighted by molar-refractivity contribution is 0.266. The zero-order valence-corrected chi connectivity index (χ0v) is 11.7. The van der Waals surface area contributed by atoms with Crippen LogP contribution < -0.4 is 16.2 Å². The summed E-state index contributed by atoms with van der Waals surface area (Å²) in [5.74, 6) is 0.568. The number of aromatic nitrogens is 2. The fraction of sp³-hybridized carbons (Fsp3) is 0.375. The van der Waals surface area contributed by atoms with Crippen molar-refractivity contribution in [3.8, 4) is 0 Å². The SMILES string of the molecule is c1ccc(C2NNC3CNC(c4cncnc4)CC32)cc1. The average Bonchev–Trinajstić information content (AvgIpc) is 2.99. The molecule has 5 nitrogen and oxygen atoms in total. The fourth-order valence-electron chi connectivity index (χ4n) is 3.51. The highest BCUT2D eigenvalue weighted by Gasteiger charge is 2.41. The van der Waals surface area contributed by atoms with Crippen molar-refractivity contribution in [2.75, 3.05) is 6.54 Å². The van der Waals surface area contributed by atoms with Gasteiger partial charge in [-0.05, 0) is 17.9 Å². The summed E-state index contributed by atoms with van der Waals surface area (Å²) in [5, 5.41) is 3.60. The van der Waals surface area contributed by atoms with E-state index in [4.69, 9.17) is 0 Å². The van der Waals surface area contributed by atoms with E-state index in [1.54, 1.807) is 6.33 Å². The van der Waals surface area contributed by atoms with E-state index in [0.717, 1.165) is 13.0 Å². The molecular weight excluding hydrogens is 262 g/mol. The Kier molecular flexibility index (Phi) is 3.39. The van der Waals surface area contributed by atoms with Crippen molar-refractivity contribution in [1.29, 1.82) is 0 Å². The molecular formula is C16H19N5. The highest BCUT2D eigenvalue weighted by molar-refractivity contribution is 5.23. The van der Waals surface area contributed by atoms with Crippen LogP contribution >= 0.6 is 0 Å². The summed E-state index contributed by atoms with van der Waals surface area (Å²) in [6, 6.07) is 11.8. The number of rotatable bonds is 2. The maximum atomic E-state index is 4.14. The third-order valence-corrected chi connectivity index (χ3v) is 4.60. The molecule has 0 aliphatic carbocycles. The van der Waals surface area contributed by atoms with Crippen LogP contribution in [0.4, 0.5) is 0 Å². The molecule has 108 valence electrons. The van der Waals surface area contributed by atoms with E-state index in [9.17, 15) is 0 Å². The lowest BCUT2D eigenvalue weighted by Crippen LogP contribution is -2.46. The zero-order valence-electron chi connectivity index (χ0n) is 11.7. The lowest BCUT2D eigenvalue weighted by atomic mass is 9.80. The molecule has 21 heavy (non-hydrogen) atoms. The Labute approximate surface area is 124 Å². The largest absolute Gasteiger partial charge is 0.308 e. The maximum Gasteiger partial charge on any atom is 0.115 e. The number of nitrogens with one attached hydrogen (secondary N) is 3. The first-order valence-corrected chi connectivity index (χ1v) is 7.46. The smallest absolute Gasteiger partial charge is 0.115 e. The quantitative estimate of drug-likeness (QED) is 0.775. The van der Waals surface area contributed by atoms with Crippen molar-refractivity contribution in [2.45, 2.75) is 24.5 Å². The van der Waals surface area contributed by atoms with E-state index in [2.05, 4.69) is 56.5 Å². The van der Waals surface area contributed by atoms with E-state index in [1.165, 1.54) is 11.1 Å². The molecule has 2 aliphatic heterocycles. The molecule has 0 saturated carbocycles. The second kappa shape index (κ2) is 5.52. The molecule has 2 fully saturated rings. The summed E-state index contributed by atoms with van der Waals surface area (Å²) in [7, 11) is 0. The van der Waals surface area contributed by atoms with Gasteiger partial charge in [0.1, 0.15) is 6.33 Å². The minimum Gasteiger partial charge on any atom is -0.308 e. The first-order chi connectivity index (χ1) is 10.4. The Hall–Kier alpha value is -1.82. The first kappa shape index (κ1) is 12.9. The molecule has 0 bridgehead atoms. The topological polar surface area (TPSA) is 61.9 Å². The zero-order chi connectivity index (χ0) is 14.1. The van der Waals surface area contributed by atoms with Crippen LogP contribution in [0.25, 0.3) is 0 Å². The Balaban J connectivity index is 1.56. The third-order valence-electron chi connectivity index (χ3n) is 4.60. The van der Waals surface area contributed by atoms with Gasteiger partial charge in [-0.3, -0.25) is 5.43 Å². The van der Waals surface area contributed by atoms with Crippen LogP contribution in [0.1, 0.15) is 29.6 Å². The van der Waals surface area contributed by atoms with Gasteiger partial charge in [-0.25, -0.2) is 15.4 Å². The van der Waals surface area contributed by atoms with Gasteiger partial charge in [0, 0.05) is 36.6 Å². The number of piperidine rings is 1. The molecule has 3 heterocycles. The molecule has 3 N–H and O–H groups in total. The van der Waals surface area contributed by atoms with Crippen molar-refractivity contribution < 1.29 is 0 Å². The number of hydrazine groups is 1. The van der Waals surface area contributed by atoms with Gasteiger partial charge in [0.2, 0.25) is 0 Å². The molecule has 0 amide bonds. The standard InChI is InChI=1S/C16H19N5/c1-2-4-11(5-3-1)16-13-6-14(12-7-17-10-18-8-12)19-9-15(13)20-21-16/h1-5,7-8,10,13-16,19-21H,6,9H2. The number of nitrogens with zero attached hydrogens (tertiary/aromatic N) is 2. The second-order valence-corrected chi connectivity index (χ2v) is 5.82. The lowest BCUT2D eigenvalue weighted by Gasteiger charge is -2.34. The molecule has 1 aromatic carbocycles. The molecule has 5 heteroatoms. The van der Waals surface area contributed by atoms with Gasteiger partial charge in [0.05, 0.1) is 6.04 Å². The maximum absolute atomic E-state index is 4.14. The van der Waals surface area contributed by atoms with Gasteiger partial charge in [-0.2, -0.15) is 0 Å². The van der Waals surface area contributed by atoms with E-state index >= 15 is 0 Å². The van der Waals surface area contributed by atoms with Crippen LogP contribution in [-0.4, -0.2) is 22.6 Å². The van der Waals surface area contributed by atoms with Crippen molar-refractivity contribution in [3.05, 3.63) is 60.2 Å². The second-order valence-electron chi connectivity index (χ2n) is 5.82. The van der Waals surface area contributed by atoms with Gasteiger partial charge in [-0.1, -0.05) is 30.3 Å². The summed E-state index contributed by atoms with van der Waals surface area (Å²) < 4.78 is 0. The molecule has 2 aliphatic rings. The third kappa shape index (κ3) is 2.44. The predicted molar refractivity (Wildman–Crippen MR) is 80.1 cm³/mol. The fourth-order valence-corrected chi connectivity index (χ4v) is 3.51. The van der Waals surface area contributed by atoms with Crippen molar-refractivity contribution in [1.82, 2.24) is 26.1 Å². The number of benzene rings is 1. The summed E-state index contributed by atoms with van der Waals surface area (Å²) in [4.78, 5) is 8.28.